The average Bonchev–Trinajstić information content (AvgIpc) is 3.00. The van der Waals surface area contributed by atoms with E-state index in [1.807, 2.05) is 12.1 Å². The summed E-state index contributed by atoms with van der Waals surface area (Å²) < 4.78 is 16.3. The highest BCUT2D eigenvalue weighted by Crippen LogP contribution is 2.40. The molecule has 1 N–H and O–H groups in total. The Morgan fingerprint density at radius 1 is 1.25 bits per heavy atom. The highest BCUT2D eigenvalue weighted by molar-refractivity contribution is 5.51. The SMILES string of the molecule is COc1ccc(OC)c2c1CN([C@H]1CCOC1)C[C@@H]2O. The molecule has 2 heterocycles. The Bertz CT molecular complexity index is 485. The molecule has 2 atom stereocenters. The third-order valence-electron chi connectivity index (χ3n) is 4.24. The topological polar surface area (TPSA) is 51.2 Å². The lowest BCUT2D eigenvalue weighted by atomic mass is 9.94. The normalized spacial score (nSPS) is 26.4. The van der Waals surface area contributed by atoms with Crippen LogP contribution in [0.4, 0.5) is 0 Å². The zero-order valence-electron chi connectivity index (χ0n) is 12.0. The van der Waals surface area contributed by atoms with Gasteiger partial charge in [0.05, 0.1) is 26.9 Å². The molecular formula is C15H21NO4. The van der Waals surface area contributed by atoms with Gasteiger partial charge in [0.2, 0.25) is 0 Å². The van der Waals surface area contributed by atoms with Crippen molar-refractivity contribution >= 4 is 0 Å². The van der Waals surface area contributed by atoms with Crippen molar-refractivity contribution in [3.05, 3.63) is 23.3 Å². The van der Waals surface area contributed by atoms with Gasteiger partial charge in [-0.25, -0.2) is 0 Å². The Balaban J connectivity index is 1.96. The van der Waals surface area contributed by atoms with Crippen LogP contribution in [-0.4, -0.2) is 50.0 Å². The van der Waals surface area contributed by atoms with E-state index in [0.29, 0.717) is 12.6 Å². The summed E-state index contributed by atoms with van der Waals surface area (Å²) in [7, 11) is 3.29. The van der Waals surface area contributed by atoms with E-state index in [1.165, 1.54) is 0 Å². The largest absolute Gasteiger partial charge is 0.496 e. The van der Waals surface area contributed by atoms with Crippen LogP contribution in [0.25, 0.3) is 0 Å². The Hall–Kier alpha value is -1.30. The highest BCUT2D eigenvalue weighted by Gasteiger charge is 2.34. The summed E-state index contributed by atoms with van der Waals surface area (Å²) in [5.41, 5.74) is 1.89. The summed E-state index contributed by atoms with van der Waals surface area (Å²) >= 11 is 0. The fourth-order valence-electron chi connectivity index (χ4n) is 3.19. The number of benzene rings is 1. The van der Waals surface area contributed by atoms with Crippen LogP contribution in [0.15, 0.2) is 12.1 Å². The lowest BCUT2D eigenvalue weighted by Gasteiger charge is -2.36. The quantitative estimate of drug-likeness (QED) is 0.905. The van der Waals surface area contributed by atoms with Gasteiger partial charge >= 0.3 is 0 Å². The molecule has 3 rings (SSSR count). The number of aliphatic hydroxyl groups excluding tert-OH is 1. The summed E-state index contributed by atoms with van der Waals surface area (Å²) in [5.74, 6) is 1.54. The van der Waals surface area contributed by atoms with Crippen molar-refractivity contribution < 1.29 is 19.3 Å². The van der Waals surface area contributed by atoms with E-state index in [4.69, 9.17) is 14.2 Å². The number of hydrogen-bond acceptors (Lipinski definition) is 5. The fraction of sp³-hybridized carbons (Fsp3) is 0.600. The minimum atomic E-state index is -0.551. The van der Waals surface area contributed by atoms with Crippen LogP contribution in [0, 0.1) is 0 Å². The van der Waals surface area contributed by atoms with E-state index in [-0.39, 0.29) is 0 Å². The van der Waals surface area contributed by atoms with Crippen molar-refractivity contribution in [1.29, 1.82) is 0 Å². The Morgan fingerprint density at radius 3 is 2.65 bits per heavy atom. The van der Waals surface area contributed by atoms with Crippen molar-refractivity contribution in [2.45, 2.75) is 25.1 Å². The lowest BCUT2D eigenvalue weighted by molar-refractivity contribution is 0.0560. The first-order chi connectivity index (χ1) is 9.74. The minimum absolute atomic E-state index is 0.383. The molecule has 1 fully saturated rings. The van der Waals surface area contributed by atoms with Crippen LogP contribution in [0.2, 0.25) is 0 Å². The molecule has 1 aromatic carbocycles. The van der Waals surface area contributed by atoms with Gasteiger partial charge in [-0.2, -0.15) is 0 Å². The Labute approximate surface area is 119 Å². The van der Waals surface area contributed by atoms with Crippen LogP contribution in [-0.2, 0) is 11.3 Å². The van der Waals surface area contributed by atoms with Gasteiger partial charge in [-0.15, -0.1) is 0 Å². The molecule has 5 heteroatoms. The number of β-amino-alcohol motifs (C(OH)–C–C–N with tert-alkyl or cyclic N) is 1. The van der Waals surface area contributed by atoms with Gasteiger partial charge in [-0.3, -0.25) is 4.90 Å². The van der Waals surface area contributed by atoms with Crippen molar-refractivity contribution in [3.63, 3.8) is 0 Å². The Morgan fingerprint density at radius 2 is 2.00 bits per heavy atom. The number of hydrogen-bond donors (Lipinski definition) is 1. The highest BCUT2D eigenvalue weighted by atomic mass is 16.5. The fourth-order valence-corrected chi connectivity index (χ4v) is 3.19. The maximum atomic E-state index is 10.5. The summed E-state index contributed by atoms with van der Waals surface area (Å²) in [4.78, 5) is 2.28. The van der Waals surface area contributed by atoms with E-state index >= 15 is 0 Å². The first kappa shape index (κ1) is 13.7. The molecule has 2 aliphatic heterocycles. The van der Waals surface area contributed by atoms with Crippen LogP contribution < -0.4 is 9.47 Å². The first-order valence-electron chi connectivity index (χ1n) is 6.98. The monoisotopic (exact) mass is 279 g/mol. The van der Waals surface area contributed by atoms with E-state index < -0.39 is 6.10 Å². The van der Waals surface area contributed by atoms with Gasteiger partial charge in [-0.05, 0) is 18.6 Å². The second-order valence-corrected chi connectivity index (χ2v) is 5.32. The van der Waals surface area contributed by atoms with Gasteiger partial charge in [0.15, 0.2) is 0 Å². The van der Waals surface area contributed by atoms with E-state index in [2.05, 4.69) is 4.90 Å². The molecule has 0 spiro atoms. The van der Waals surface area contributed by atoms with Gasteiger partial charge in [0, 0.05) is 36.9 Å². The van der Waals surface area contributed by atoms with Crippen LogP contribution in [0.3, 0.4) is 0 Å². The first-order valence-corrected chi connectivity index (χ1v) is 6.98. The second-order valence-electron chi connectivity index (χ2n) is 5.32. The Kier molecular flexibility index (Phi) is 3.83. The lowest BCUT2D eigenvalue weighted by Crippen LogP contribution is -2.41. The molecule has 5 nitrogen and oxygen atoms in total. The molecule has 1 saturated heterocycles. The van der Waals surface area contributed by atoms with Crippen molar-refractivity contribution in [1.82, 2.24) is 4.90 Å². The second kappa shape index (κ2) is 5.60. The molecule has 2 aliphatic rings. The molecule has 1 aromatic rings. The maximum absolute atomic E-state index is 10.5. The summed E-state index contributed by atoms with van der Waals surface area (Å²) in [5, 5.41) is 10.5. The summed E-state index contributed by atoms with van der Waals surface area (Å²) in [6.45, 7) is 2.93. The number of fused-ring (bicyclic) bond motifs is 1. The van der Waals surface area contributed by atoms with Crippen molar-refractivity contribution in [2.75, 3.05) is 34.0 Å². The van der Waals surface area contributed by atoms with Gasteiger partial charge in [0.25, 0.3) is 0 Å². The molecule has 0 aliphatic carbocycles. The third kappa shape index (κ3) is 2.26. The molecule has 0 unspecified atom stereocenters. The van der Waals surface area contributed by atoms with Crippen molar-refractivity contribution in [3.8, 4) is 11.5 Å². The van der Waals surface area contributed by atoms with Crippen molar-refractivity contribution in [2.24, 2.45) is 0 Å². The average molecular weight is 279 g/mol. The van der Waals surface area contributed by atoms with Crippen LogP contribution >= 0.6 is 0 Å². The number of rotatable bonds is 3. The number of ether oxygens (including phenoxy) is 3. The predicted octanol–water partition coefficient (Wildman–Crippen LogP) is 1.34. The van der Waals surface area contributed by atoms with Gasteiger partial charge < -0.3 is 19.3 Å². The van der Waals surface area contributed by atoms with Gasteiger partial charge in [0.1, 0.15) is 11.5 Å². The zero-order chi connectivity index (χ0) is 14.1. The summed E-state index contributed by atoms with van der Waals surface area (Å²) in [6, 6.07) is 4.14. The third-order valence-corrected chi connectivity index (χ3v) is 4.24. The van der Waals surface area contributed by atoms with Gasteiger partial charge in [-0.1, -0.05) is 0 Å². The molecule has 0 bridgehead atoms. The zero-order valence-corrected chi connectivity index (χ0v) is 12.0. The van der Waals surface area contributed by atoms with E-state index in [1.54, 1.807) is 14.2 Å². The molecule has 0 amide bonds. The van der Waals surface area contributed by atoms with Crippen LogP contribution in [0.5, 0.6) is 11.5 Å². The van der Waals surface area contributed by atoms with E-state index in [9.17, 15) is 5.11 Å². The molecule has 0 radical (unpaired) electrons. The van der Waals surface area contributed by atoms with Crippen LogP contribution in [0.1, 0.15) is 23.7 Å². The van der Waals surface area contributed by atoms with E-state index in [0.717, 1.165) is 48.8 Å². The number of nitrogens with zero attached hydrogens (tertiary/aromatic N) is 1. The molecule has 0 aromatic heterocycles. The predicted molar refractivity (Wildman–Crippen MR) is 74.1 cm³/mol. The number of aliphatic hydroxyl groups is 1. The molecule has 0 saturated carbocycles. The standard InChI is InChI=1S/C15H21NO4/c1-18-13-3-4-14(19-2)15-11(13)7-16(8-12(15)17)10-5-6-20-9-10/h3-4,10,12,17H,5-9H2,1-2H3/t10-,12-/m0/s1. The molecule has 20 heavy (non-hydrogen) atoms. The number of methoxy groups -OCH3 is 2. The molecular weight excluding hydrogens is 258 g/mol. The summed E-state index contributed by atoms with van der Waals surface area (Å²) in [6.07, 6.45) is 0.471. The molecule has 110 valence electrons. The minimum Gasteiger partial charge on any atom is -0.496 e. The smallest absolute Gasteiger partial charge is 0.125 e. The maximum Gasteiger partial charge on any atom is 0.125 e.